The Morgan fingerprint density at radius 2 is 1.63 bits per heavy atom. The Morgan fingerprint density at radius 3 is 2.23 bits per heavy atom. The van der Waals surface area contributed by atoms with Crippen LogP contribution in [0.15, 0.2) is 42.5 Å². The van der Waals surface area contributed by atoms with Gasteiger partial charge in [-0.2, -0.15) is 0 Å². The van der Waals surface area contributed by atoms with Crippen molar-refractivity contribution in [2.24, 2.45) is 0 Å². The van der Waals surface area contributed by atoms with Crippen molar-refractivity contribution in [2.75, 3.05) is 13.1 Å². The predicted molar refractivity (Wildman–Crippen MR) is 119 cm³/mol. The quantitative estimate of drug-likeness (QED) is 0.324. The van der Waals surface area contributed by atoms with Gasteiger partial charge < -0.3 is 9.88 Å². The second-order valence-electron chi connectivity index (χ2n) is 7.40. The Hall–Kier alpha value is -2.66. The van der Waals surface area contributed by atoms with E-state index in [2.05, 4.69) is 18.8 Å². The zero-order valence-electron chi connectivity index (χ0n) is 17.3. The largest absolute Gasteiger partial charge is 0.354 e. The van der Waals surface area contributed by atoms with E-state index in [1.54, 1.807) is 35.2 Å². The molecule has 4 nitrogen and oxygen atoms in total. The van der Waals surface area contributed by atoms with E-state index in [1.807, 2.05) is 0 Å². The summed E-state index contributed by atoms with van der Waals surface area (Å²) in [5, 5.41) is 1.06. The van der Waals surface area contributed by atoms with Gasteiger partial charge in [0, 0.05) is 29.0 Å². The predicted octanol–water partition coefficient (Wildman–Crippen LogP) is 6.24. The smallest absolute Gasteiger partial charge is 0.295 e. The lowest BCUT2D eigenvalue weighted by molar-refractivity contribution is -0.126. The van der Waals surface area contributed by atoms with Crippen LogP contribution < -0.4 is 0 Å². The number of fused-ring (bicyclic) bond motifs is 1. The van der Waals surface area contributed by atoms with Crippen LogP contribution in [0.3, 0.4) is 0 Å². The molecule has 0 bridgehead atoms. The summed E-state index contributed by atoms with van der Waals surface area (Å²) in [6.45, 7) is 5.21. The highest BCUT2D eigenvalue weighted by atomic mass is 35.5. The number of Topliss-reactive ketones (excluding diaryl/α,β-unsaturated/α-hetero) is 1. The monoisotopic (exact) mass is 428 g/mol. The number of nitrogens with zero attached hydrogens (tertiary/aromatic N) is 1. The molecule has 0 atom stereocenters. The molecule has 0 unspecified atom stereocenters. The highest BCUT2D eigenvalue weighted by Gasteiger charge is 2.28. The van der Waals surface area contributed by atoms with Gasteiger partial charge in [-0.25, -0.2) is 4.39 Å². The summed E-state index contributed by atoms with van der Waals surface area (Å²) >= 11 is 6.18. The van der Waals surface area contributed by atoms with Gasteiger partial charge in [0.2, 0.25) is 0 Å². The van der Waals surface area contributed by atoms with E-state index in [0.29, 0.717) is 40.3 Å². The van der Waals surface area contributed by atoms with Gasteiger partial charge in [0.05, 0.1) is 11.3 Å². The van der Waals surface area contributed by atoms with Gasteiger partial charge in [-0.1, -0.05) is 38.3 Å². The molecule has 0 radical (unpaired) electrons. The van der Waals surface area contributed by atoms with Gasteiger partial charge in [-0.15, -0.1) is 0 Å². The molecule has 1 heterocycles. The topological polar surface area (TPSA) is 53.2 Å². The third-order valence-corrected chi connectivity index (χ3v) is 5.40. The number of hydrogen-bond donors (Lipinski definition) is 1. The highest BCUT2D eigenvalue weighted by Crippen LogP contribution is 2.33. The molecule has 3 aromatic rings. The van der Waals surface area contributed by atoms with Crippen molar-refractivity contribution >= 4 is 34.2 Å². The minimum absolute atomic E-state index is 0.280. The standard InChI is InChI=1S/C24H26ClFN2O2/c1-3-5-13-28(14-6-4-2)24(30)23(29)21-19-15-17(25)9-12-20(19)27-22(21)16-7-10-18(26)11-8-16/h7-12,15,27H,3-6,13-14H2,1-2H3. The zero-order valence-corrected chi connectivity index (χ0v) is 18.1. The molecular weight excluding hydrogens is 403 g/mol. The second-order valence-corrected chi connectivity index (χ2v) is 7.84. The van der Waals surface area contributed by atoms with Crippen molar-refractivity contribution in [1.29, 1.82) is 0 Å². The second kappa shape index (κ2) is 9.90. The lowest BCUT2D eigenvalue weighted by Gasteiger charge is -2.21. The van der Waals surface area contributed by atoms with E-state index in [4.69, 9.17) is 11.6 Å². The lowest BCUT2D eigenvalue weighted by atomic mass is 10.0. The van der Waals surface area contributed by atoms with Gasteiger partial charge in [0.15, 0.2) is 0 Å². The Bertz CT molecular complexity index is 1040. The van der Waals surface area contributed by atoms with E-state index in [0.717, 1.165) is 25.7 Å². The summed E-state index contributed by atoms with van der Waals surface area (Å²) < 4.78 is 13.4. The fraction of sp³-hybridized carbons (Fsp3) is 0.333. The Morgan fingerprint density at radius 1 is 1.00 bits per heavy atom. The number of amides is 1. The van der Waals surface area contributed by atoms with Gasteiger partial charge in [0.25, 0.3) is 11.7 Å². The van der Waals surface area contributed by atoms with Crippen molar-refractivity contribution in [2.45, 2.75) is 39.5 Å². The van der Waals surface area contributed by atoms with Crippen LogP contribution in [-0.4, -0.2) is 34.7 Å². The number of benzene rings is 2. The fourth-order valence-electron chi connectivity index (χ4n) is 3.50. The first-order chi connectivity index (χ1) is 14.5. The molecule has 2 aromatic carbocycles. The summed E-state index contributed by atoms with van der Waals surface area (Å²) in [5.74, 6) is -1.46. The summed E-state index contributed by atoms with van der Waals surface area (Å²) in [6.07, 6.45) is 3.56. The summed E-state index contributed by atoms with van der Waals surface area (Å²) in [4.78, 5) is 31.5. The molecule has 1 aromatic heterocycles. The van der Waals surface area contributed by atoms with E-state index in [1.165, 1.54) is 12.1 Å². The number of nitrogens with one attached hydrogen (secondary N) is 1. The molecule has 1 N–H and O–H groups in total. The zero-order chi connectivity index (χ0) is 21.7. The molecule has 158 valence electrons. The molecular formula is C24H26ClFN2O2. The molecule has 30 heavy (non-hydrogen) atoms. The molecule has 0 aliphatic carbocycles. The van der Waals surface area contributed by atoms with Crippen LogP contribution in [0.2, 0.25) is 5.02 Å². The Labute approximate surface area is 181 Å². The third-order valence-electron chi connectivity index (χ3n) is 5.17. The van der Waals surface area contributed by atoms with Crippen LogP contribution in [0.5, 0.6) is 0 Å². The third kappa shape index (κ3) is 4.73. The fourth-order valence-corrected chi connectivity index (χ4v) is 3.67. The van der Waals surface area contributed by atoms with Crippen molar-refractivity contribution in [3.8, 4) is 11.3 Å². The van der Waals surface area contributed by atoms with Crippen LogP contribution in [-0.2, 0) is 4.79 Å². The summed E-state index contributed by atoms with van der Waals surface area (Å²) in [6, 6.07) is 11.0. The molecule has 0 aliphatic heterocycles. The molecule has 0 saturated carbocycles. The maximum absolute atomic E-state index is 13.4. The SMILES string of the molecule is CCCCN(CCCC)C(=O)C(=O)c1c(-c2ccc(F)cc2)[nH]c2ccc(Cl)cc12. The van der Waals surface area contributed by atoms with Crippen molar-refractivity contribution in [1.82, 2.24) is 9.88 Å². The average molecular weight is 429 g/mol. The number of rotatable bonds is 9. The number of aromatic nitrogens is 1. The van der Waals surface area contributed by atoms with Crippen molar-refractivity contribution in [3.63, 3.8) is 0 Å². The van der Waals surface area contributed by atoms with Crippen LogP contribution in [0.4, 0.5) is 4.39 Å². The molecule has 0 aliphatic rings. The van der Waals surface area contributed by atoms with E-state index < -0.39 is 11.7 Å². The summed E-state index contributed by atoms with van der Waals surface area (Å²) in [5.41, 5.74) is 2.11. The first-order valence-corrected chi connectivity index (χ1v) is 10.7. The number of H-pyrrole nitrogens is 1. The number of halogens is 2. The van der Waals surface area contributed by atoms with Gasteiger partial charge >= 0.3 is 0 Å². The Balaban J connectivity index is 2.08. The van der Waals surface area contributed by atoms with Gasteiger partial charge in [-0.05, 0) is 60.9 Å². The van der Waals surface area contributed by atoms with Crippen molar-refractivity contribution in [3.05, 3.63) is 58.9 Å². The number of carbonyl (C=O) groups is 2. The van der Waals surface area contributed by atoms with E-state index in [-0.39, 0.29) is 11.4 Å². The van der Waals surface area contributed by atoms with E-state index in [9.17, 15) is 14.0 Å². The lowest BCUT2D eigenvalue weighted by Crippen LogP contribution is -2.38. The molecule has 0 fully saturated rings. The normalized spacial score (nSPS) is 11.1. The van der Waals surface area contributed by atoms with Crippen molar-refractivity contribution < 1.29 is 14.0 Å². The number of ketones is 1. The first-order valence-electron chi connectivity index (χ1n) is 10.4. The number of unbranched alkanes of at least 4 members (excludes halogenated alkanes) is 2. The molecule has 0 saturated heterocycles. The number of carbonyl (C=O) groups excluding carboxylic acids is 2. The maximum Gasteiger partial charge on any atom is 0.295 e. The van der Waals surface area contributed by atoms with Gasteiger partial charge in [-0.3, -0.25) is 9.59 Å². The van der Waals surface area contributed by atoms with Crippen LogP contribution in [0.25, 0.3) is 22.2 Å². The van der Waals surface area contributed by atoms with Crippen LogP contribution in [0, 0.1) is 5.82 Å². The minimum atomic E-state index is -0.574. The first kappa shape index (κ1) is 22.0. The molecule has 0 spiro atoms. The summed E-state index contributed by atoms with van der Waals surface area (Å²) in [7, 11) is 0. The van der Waals surface area contributed by atoms with E-state index >= 15 is 0 Å². The molecule has 3 rings (SSSR count). The average Bonchev–Trinajstić information content (AvgIpc) is 3.12. The Kier molecular flexibility index (Phi) is 7.27. The molecule has 6 heteroatoms. The minimum Gasteiger partial charge on any atom is -0.354 e. The van der Waals surface area contributed by atoms with Gasteiger partial charge in [0.1, 0.15) is 5.82 Å². The highest BCUT2D eigenvalue weighted by molar-refractivity contribution is 6.46. The van der Waals surface area contributed by atoms with Crippen LogP contribution >= 0.6 is 11.6 Å². The molecule has 1 amide bonds. The van der Waals surface area contributed by atoms with Crippen LogP contribution in [0.1, 0.15) is 49.9 Å². The maximum atomic E-state index is 13.4. The number of hydrogen-bond acceptors (Lipinski definition) is 2. The number of aromatic amines is 1.